The van der Waals surface area contributed by atoms with E-state index in [-0.39, 0.29) is 5.82 Å². The smallest absolute Gasteiger partial charge is 0.191 e. The maximum absolute atomic E-state index is 13.4. The summed E-state index contributed by atoms with van der Waals surface area (Å²) in [5, 5.41) is 0. The SMILES string of the molecule is COc1cc(F)cc(CN=C(N)N2CCCC(C)C2)c1. The minimum Gasteiger partial charge on any atom is -0.497 e. The summed E-state index contributed by atoms with van der Waals surface area (Å²) in [7, 11) is 1.52. The molecule has 0 radical (unpaired) electrons. The molecule has 1 aromatic rings. The Morgan fingerprint density at radius 2 is 2.30 bits per heavy atom. The lowest BCUT2D eigenvalue weighted by Gasteiger charge is -2.31. The lowest BCUT2D eigenvalue weighted by molar-refractivity contribution is 0.270. The number of hydrogen-bond acceptors (Lipinski definition) is 2. The quantitative estimate of drug-likeness (QED) is 0.682. The van der Waals surface area contributed by atoms with Gasteiger partial charge in [0.1, 0.15) is 11.6 Å². The molecule has 0 aromatic heterocycles. The summed E-state index contributed by atoms with van der Waals surface area (Å²) in [4.78, 5) is 6.47. The average molecular weight is 279 g/mol. The summed E-state index contributed by atoms with van der Waals surface area (Å²) in [5.74, 6) is 1.37. The highest BCUT2D eigenvalue weighted by atomic mass is 19.1. The van der Waals surface area contributed by atoms with E-state index in [0.29, 0.717) is 24.2 Å². The van der Waals surface area contributed by atoms with Crippen molar-refractivity contribution in [1.29, 1.82) is 0 Å². The van der Waals surface area contributed by atoms with Gasteiger partial charge in [-0.1, -0.05) is 6.92 Å². The van der Waals surface area contributed by atoms with E-state index in [9.17, 15) is 4.39 Å². The lowest BCUT2D eigenvalue weighted by Crippen LogP contribution is -2.43. The molecule has 1 unspecified atom stereocenters. The standard InChI is InChI=1S/C15H22FN3O/c1-11-4-3-5-19(10-11)15(17)18-9-12-6-13(16)8-14(7-12)20-2/h6-8,11H,3-5,9-10H2,1-2H3,(H2,17,18). The lowest BCUT2D eigenvalue weighted by atomic mass is 10.0. The number of aliphatic imine (C=N–C) groups is 1. The molecule has 20 heavy (non-hydrogen) atoms. The second-order valence-corrected chi connectivity index (χ2v) is 5.37. The molecule has 0 saturated carbocycles. The number of ether oxygens (including phenoxy) is 1. The number of likely N-dealkylation sites (tertiary alicyclic amines) is 1. The molecule has 0 spiro atoms. The molecule has 0 aliphatic carbocycles. The van der Waals surface area contributed by atoms with Crippen LogP contribution in [0.5, 0.6) is 5.75 Å². The molecule has 0 amide bonds. The highest BCUT2D eigenvalue weighted by Gasteiger charge is 2.17. The van der Waals surface area contributed by atoms with E-state index in [1.54, 1.807) is 6.07 Å². The Kier molecular flexibility index (Phi) is 4.82. The number of nitrogens with two attached hydrogens (primary N) is 1. The third kappa shape index (κ3) is 3.85. The molecule has 1 atom stereocenters. The minimum absolute atomic E-state index is 0.320. The topological polar surface area (TPSA) is 50.9 Å². The molecular formula is C15H22FN3O. The Labute approximate surface area is 119 Å². The second-order valence-electron chi connectivity index (χ2n) is 5.37. The van der Waals surface area contributed by atoms with Crippen molar-refractivity contribution >= 4 is 5.96 Å². The number of methoxy groups -OCH3 is 1. The fourth-order valence-electron chi connectivity index (χ4n) is 2.50. The van der Waals surface area contributed by atoms with Gasteiger partial charge in [0.05, 0.1) is 13.7 Å². The van der Waals surface area contributed by atoms with Gasteiger partial charge in [0, 0.05) is 19.2 Å². The van der Waals surface area contributed by atoms with E-state index in [1.165, 1.54) is 25.7 Å². The number of guanidine groups is 1. The van der Waals surface area contributed by atoms with Gasteiger partial charge in [-0.05, 0) is 36.5 Å². The predicted octanol–water partition coefficient (Wildman–Crippen LogP) is 2.38. The molecule has 0 bridgehead atoms. The molecule has 1 aromatic carbocycles. The van der Waals surface area contributed by atoms with Gasteiger partial charge in [-0.25, -0.2) is 9.38 Å². The number of rotatable bonds is 3. The summed E-state index contributed by atoms with van der Waals surface area (Å²) in [6, 6.07) is 4.58. The van der Waals surface area contributed by atoms with Crippen LogP contribution >= 0.6 is 0 Å². The zero-order chi connectivity index (χ0) is 14.5. The maximum Gasteiger partial charge on any atom is 0.191 e. The fourth-order valence-corrected chi connectivity index (χ4v) is 2.50. The first-order valence-electron chi connectivity index (χ1n) is 6.97. The van der Waals surface area contributed by atoms with Crippen LogP contribution in [0, 0.1) is 11.7 Å². The zero-order valence-corrected chi connectivity index (χ0v) is 12.1. The number of piperidine rings is 1. The van der Waals surface area contributed by atoms with E-state index in [1.807, 2.05) is 0 Å². The Bertz CT molecular complexity index is 490. The second kappa shape index (κ2) is 6.59. The van der Waals surface area contributed by atoms with Crippen LogP contribution in [0.25, 0.3) is 0 Å². The third-order valence-corrected chi connectivity index (χ3v) is 3.57. The summed E-state index contributed by atoms with van der Waals surface area (Å²) < 4.78 is 18.4. The maximum atomic E-state index is 13.4. The van der Waals surface area contributed by atoms with Crippen molar-refractivity contribution in [3.63, 3.8) is 0 Å². The van der Waals surface area contributed by atoms with Crippen molar-refractivity contribution in [1.82, 2.24) is 4.90 Å². The summed E-state index contributed by atoms with van der Waals surface area (Å²) in [6.07, 6.45) is 2.38. The number of nitrogens with zero attached hydrogens (tertiary/aromatic N) is 2. The van der Waals surface area contributed by atoms with E-state index >= 15 is 0 Å². The van der Waals surface area contributed by atoms with Crippen LogP contribution in [-0.4, -0.2) is 31.1 Å². The van der Waals surface area contributed by atoms with E-state index < -0.39 is 0 Å². The predicted molar refractivity (Wildman–Crippen MR) is 78.2 cm³/mol. The van der Waals surface area contributed by atoms with E-state index in [0.717, 1.165) is 25.1 Å². The monoisotopic (exact) mass is 279 g/mol. The van der Waals surface area contributed by atoms with Crippen LogP contribution in [0.4, 0.5) is 4.39 Å². The van der Waals surface area contributed by atoms with Gasteiger partial charge in [0.25, 0.3) is 0 Å². The molecular weight excluding hydrogens is 257 g/mol. The zero-order valence-electron chi connectivity index (χ0n) is 12.1. The molecule has 1 aliphatic rings. The van der Waals surface area contributed by atoms with Crippen LogP contribution < -0.4 is 10.5 Å². The van der Waals surface area contributed by atoms with Crippen molar-refractivity contribution in [2.24, 2.45) is 16.6 Å². The van der Waals surface area contributed by atoms with Gasteiger partial charge < -0.3 is 15.4 Å². The van der Waals surface area contributed by atoms with Gasteiger partial charge in [-0.2, -0.15) is 0 Å². The molecule has 1 heterocycles. The van der Waals surface area contributed by atoms with Gasteiger partial charge in [0.2, 0.25) is 0 Å². The Morgan fingerprint density at radius 1 is 1.50 bits per heavy atom. The molecule has 2 rings (SSSR count). The third-order valence-electron chi connectivity index (χ3n) is 3.57. The van der Waals surface area contributed by atoms with Crippen LogP contribution in [0.15, 0.2) is 23.2 Å². The largest absolute Gasteiger partial charge is 0.497 e. The van der Waals surface area contributed by atoms with Crippen LogP contribution in [-0.2, 0) is 6.54 Å². The normalized spacial score (nSPS) is 20.1. The Morgan fingerprint density at radius 3 is 3.00 bits per heavy atom. The first-order chi connectivity index (χ1) is 9.58. The first kappa shape index (κ1) is 14.6. The highest BCUT2D eigenvalue weighted by Crippen LogP contribution is 2.18. The summed E-state index contributed by atoms with van der Waals surface area (Å²) >= 11 is 0. The molecule has 110 valence electrons. The highest BCUT2D eigenvalue weighted by molar-refractivity contribution is 5.78. The Hall–Kier alpha value is -1.78. The number of hydrogen-bond donors (Lipinski definition) is 1. The van der Waals surface area contributed by atoms with Gasteiger partial charge in [-0.15, -0.1) is 0 Å². The number of halogens is 1. The van der Waals surface area contributed by atoms with Crippen LogP contribution in [0.3, 0.4) is 0 Å². The van der Waals surface area contributed by atoms with Crippen LogP contribution in [0.1, 0.15) is 25.3 Å². The van der Waals surface area contributed by atoms with Crippen molar-refractivity contribution < 1.29 is 9.13 Å². The fraction of sp³-hybridized carbons (Fsp3) is 0.533. The Balaban J connectivity index is 2.02. The molecule has 1 saturated heterocycles. The molecule has 1 fully saturated rings. The van der Waals surface area contributed by atoms with Crippen molar-refractivity contribution in [3.05, 3.63) is 29.6 Å². The van der Waals surface area contributed by atoms with Crippen LogP contribution in [0.2, 0.25) is 0 Å². The van der Waals surface area contributed by atoms with Crippen molar-refractivity contribution in [2.45, 2.75) is 26.3 Å². The summed E-state index contributed by atoms with van der Waals surface area (Å²) in [6.45, 7) is 4.48. The van der Waals surface area contributed by atoms with Gasteiger partial charge in [-0.3, -0.25) is 0 Å². The average Bonchev–Trinajstić information content (AvgIpc) is 2.44. The molecule has 1 aliphatic heterocycles. The van der Waals surface area contributed by atoms with Crippen molar-refractivity contribution in [2.75, 3.05) is 20.2 Å². The van der Waals surface area contributed by atoms with Crippen molar-refractivity contribution in [3.8, 4) is 5.75 Å². The molecule has 5 heteroatoms. The van der Waals surface area contributed by atoms with Gasteiger partial charge in [0.15, 0.2) is 5.96 Å². The summed E-state index contributed by atoms with van der Waals surface area (Å²) in [5.41, 5.74) is 6.78. The van der Waals surface area contributed by atoms with E-state index in [2.05, 4.69) is 16.8 Å². The van der Waals surface area contributed by atoms with Gasteiger partial charge >= 0.3 is 0 Å². The minimum atomic E-state index is -0.320. The molecule has 4 nitrogen and oxygen atoms in total. The first-order valence-corrected chi connectivity index (χ1v) is 6.97. The molecule has 2 N–H and O–H groups in total. The number of benzene rings is 1. The van der Waals surface area contributed by atoms with E-state index in [4.69, 9.17) is 10.5 Å².